The van der Waals surface area contributed by atoms with Crippen molar-refractivity contribution < 1.29 is 17.8 Å². The molecular formula is C12H10ClNO4S. The van der Waals surface area contributed by atoms with Gasteiger partial charge >= 0.3 is 10.3 Å². The second kappa shape index (κ2) is 7.01. The van der Waals surface area contributed by atoms with E-state index in [1.807, 2.05) is 22.6 Å². The Hall–Kier alpha value is -1.72. The maximum atomic E-state index is 9.36. The molecule has 0 aromatic heterocycles. The van der Waals surface area contributed by atoms with E-state index >= 15 is 0 Å². The summed E-state index contributed by atoms with van der Waals surface area (Å²) in [4.78, 5) is 8.99. The summed E-state index contributed by atoms with van der Waals surface area (Å²) >= 11 is 5.81. The zero-order valence-electron chi connectivity index (χ0n) is 9.65. The molecule has 0 bridgehead atoms. The second-order valence-electron chi connectivity index (χ2n) is 3.40. The van der Waals surface area contributed by atoms with Gasteiger partial charge in [-0.1, -0.05) is 46.9 Å². The predicted octanol–water partition coefficient (Wildman–Crippen LogP) is 2.70. The molecule has 7 heteroatoms. The molecule has 0 radical (unpaired) electrons. The lowest BCUT2D eigenvalue weighted by Gasteiger charge is -2.01. The molecule has 2 aromatic carbocycles. The van der Waals surface area contributed by atoms with E-state index in [0.29, 0.717) is 12.0 Å². The molecule has 0 fully saturated rings. The van der Waals surface area contributed by atoms with Crippen LogP contribution in [0.5, 0.6) is 0 Å². The van der Waals surface area contributed by atoms with E-state index < -0.39 is 10.3 Å². The van der Waals surface area contributed by atoms with Crippen LogP contribution in [0, 0.1) is 0 Å². The van der Waals surface area contributed by atoms with Crippen molar-refractivity contribution in [3.05, 3.63) is 48.0 Å². The zero-order chi connectivity index (χ0) is 14.3. The first-order valence-corrected chi connectivity index (χ1v) is 7.00. The number of benzene rings is 2. The van der Waals surface area contributed by atoms with Crippen molar-refractivity contribution in [1.29, 1.82) is 0 Å². The van der Waals surface area contributed by atoms with Crippen molar-refractivity contribution in [2.45, 2.75) is 5.88 Å². The van der Waals surface area contributed by atoms with Gasteiger partial charge in [-0.05, 0) is 16.3 Å². The van der Waals surface area contributed by atoms with Gasteiger partial charge in [0.1, 0.15) is 0 Å². The first-order chi connectivity index (χ1) is 8.98. The van der Waals surface area contributed by atoms with Gasteiger partial charge in [0.15, 0.2) is 0 Å². The van der Waals surface area contributed by atoms with Crippen molar-refractivity contribution in [2.75, 3.05) is 0 Å². The predicted molar refractivity (Wildman–Crippen MR) is 73.2 cm³/mol. The van der Waals surface area contributed by atoms with E-state index in [4.69, 9.17) is 20.9 Å². The second-order valence-corrected chi connectivity index (χ2v) is 4.75. The van der Waals surface area contributed by atoms with Crippen molar-refractivity contribution in [3.8, 4) is 0 Å². The van der Waals surface area contributed by atoms with Crippen LogP contribution >= 0.6 is 11.6 Å². The third-order valence-corrected chi connectivity index (χ3v) is 2.77. The lowest BCUT2D eigenvalue weighted by Crippen LogP contribution is -1.87. The Balaban J connectivity index is 0.000000224. The molecule has 0 unspecified atom stereocenters. The number of hydrogen-bond donors (Lipinski definition) is 1. The quantitative estimate of drug-likeness (QED) is 0.400. The number of fused-ring (bicyclic) bond motifs is 1. The number of hydrogen-bond acceptors (Lipinski definition) is 3. The molecule has 2 aromatic rings. The Morgan fingerprint density at radius 2 is 1.79 bits per heavy atom. The number of rotatable bonds is 2. The van der Waals surface area contributed by atoms with Gasteiger partial charge in [-0.25, -0.2) is 4.79 Å². The molecule has 0 atom stereocenters. The van der Waals surface area contributed by atoms with Gasteiger partial charge in [0.2, 0.25) is 0 Å². The van der Waals surface area contributed by atoms with E-state index in [-0.39, 0.29) is 0 Å². The van der Waals surface area contributed by atoms with E-state index in [0.717, 1.165) is 0 Å². The van der Waals surface area contributed by atoms with Gasteiger partial charge in [-0.3, -0.25) is 4.55 Å². The number of isocyanates is 1. The summed E-state index contributed by atoms with van der Waals surface area (Å²) < 4.78 is 28.3. The largest absolute Gasteiger partial charge is 0.388 e. The first kappa shape index (κ1) is 15.3. The highest BCUT2D eigenvalue weighted by Gasteiger charge is 1.96. The lowest BCUT2D eigenvalue weighted by atomic mass is 10.1. The summed E-state index contributed by atoms with van der Waals surface area (Å²) in [6.45, 7) is 0. The molecule has 0 heterocycles. The minimum atomic E-state index is -4.47. The average molecular weight is 300 g/mol. The molecule has 0 aliphatic heterocycles. The van der Waals surface area contributed by atoms with Crippen molar-refractivity contribution in [2.24, 2.45) is 4.40 Å². The summed E-state index contributed by atoms with van der Waals surface area (Å²) in [7, 11) is -4.47. The maximum absolute atomic E-state index is 9.36. The molecule has 0 amide bonds. The maximum Gasteiger partial charge on any atom is 0.388 e. The van der Waals surface area contributed by atoms with Gasteiger partial charge in [-0.15, -0.1) is 11.6 Å². The Kier molecular flexibility index (Phi) is 5.66. The molecule has 19 heavy (non-hydrogen) atoms. The number of nitrogens with zero attached hydrogens (tertiary/aromatic N) is 1. The molecule has 0 aliphatic rings. The van der Waals surface area contributed by atoms with Crippen LogP contribution in [0.3, 0.4) is 0 Å². The first-order valence-electron chi connectivity index (χ1n) is 5.07. The standard InChI is InChI=1S/C11H9Cl.CHNO4S/c12-8-10-6-3-5-9-4-1-2-7-11(9)10;3-1-2-7(4,5)6/h1-7H,8H2;(H,4,5,6). The molecule has 0 aliphatic carbocycles. The van der Waals surface area contributed by atoms with Crippen LogP contribution < -0.4 is 0 Å². The zero-order valence-corrected chi connectivity index (χ0v) is 11.2. The van der Waals surface area contributed by atoms with Crippen LogP contribution in [-0.2, 0) is 21.0 Å². The molecule has 1 N–H and O–H groups in total. The van der Waals surface area contributed by atoms with Crippen LogP contribution in [0.2, 0.25) is 0 Å². The minimum Gasteiger partial charge on any atom is -0.267 e. The summed E-state index contributed by atoms with van der Waals surface area (Å²) in [5.74, 6) is 0.585. The highest BCUT2D eigenvalue weighted by Crippen LogP contribution is 2.19. The van der Waals surface area contributed by atoms with Crippen molar-refractivity contribution in [3.63, 3.8) is 0 Å². The van der Waals surface area contributed by atoms with Crippen LogP contribution in [0.15, 0.2) is 46.9 Å². The van der Waals surface area contributed by atoms with Gasteiger partial charge < -0.3 is 0 Å². The summed E-state index contributed by atoms with van der Waals surface area (Å²) in [6, 6.07) is 14.5. The fraction of sp³-hybridized carbons (Fsp3) is 0.0833. The topological polar surface area (TPSA) is 83.8 Å². The Morgan fingerprint density at radius 3 is 2.32 bits per heavy atom. The SMILES string of the molecule is ClCc1cccc2ccccc12.O=C=NS(=O)(=O)O. The molecule has 5 nitrogen and oxygen atoms in total. The molecular weight excluding hydrogens is 290 g/mol. The average Bonchev–Trinajstić information content (AvgIpc) is 2.37. The van der Waals surface area contributed by atoms with Crippen molar-refractivity contribution >= 4 is 38.8 Å². The van der Waals surface area contributed by atoms with Crippen LogP contribution in [0.25, 0.3) is 10.8 Å². The van der Waals surface area contributed by atoms with E-state index in [1.54, 1.807) is 0 Å². The number of halogens is 1. The van der Waals surface area contributed by atoms with Crippen LogP contribution in [-0.4, -0.2) is 19.1 Å². The fourth-order valence-corrected chi connectivity index (χ4v) is 1.78. The highest BCUT2D eigenvalue weighted by molar-refractivity contribution is 7.84. The molecule has 2 rings (SSSR count). The summed E-state index contributed by atoms with van der Waals surface area (Å²) in [5, 5.41) is 2.52. The third-order valence-electron chi connectivity index (χ3n) is 2.18. The van der Waals surface area contributed by atoms with Gasteiger partial charge in [0, 0.05) is 5.88 Å². The molecule has 0 saturated heterocycles. The van der Waals surface area contributed by atoms with Gasteiger partial charge in [0.25, 0.3) is 6.08 Å². The molecule has 0 spiro atoms. The molecule has 100 valence electrons. The van der Waals surface area contributed by atoms with Crippen LogP contribution in [0.4, 0.5) is 0 Å². The van der Waals surface area contributed by atoms with Gasteiger partial charge in [-0.2, -0.15) is 8.42 Å². The smallest absolute Gasteiger partial charge is 0.267 e. The van der Waals surface area contributed by atoms with Crippen molar-refractivity contribution in [1.82, 2.24) is 0 Å². The van der Waals surface area contributed by atoms with Crippen LogP contribution in [0.1, 0.15) is 5.56 Å². The molecule has 0 saturated carbocycles. The Labute approximate surface area is 115 Å². The monoisotopic (exact) mass is 299 g/mol. The summed E-state index contributed by atoms with van der Waals surface area (Å²) in [6.07, 6.45) is 0.645. The number of carbonyl (C=O) groups excluding carboxylic acids is 1. The lowest BCUT2D eigenvalue weighted by molar-refractivity contribution is 0.484. The van der Waals surface area contributed by atoms with E-state index in [1.165, 1.54) is 16.3 Å². The Morgan fingerprint density at radius 1 is 1.16 bits per heavy atom. The number of alkyl halides is 1. The van der Waals surface area contributed by atoms with Gasteiger partial charge in [0.05, 0.1) is 0 Å². The van der Waals surface area contributed by atoms with E-state index in [2.05, 4.69) is 24.3 Å². The highest BCUT2D eigenvalue weighted by atomic mass is 35.5. The minimum absolute atomic E-state index is 0.585. The Bertz CT molecular complexity index is 703. The normalized spacial score (nSPS) is 10.2. The van der Waals surface area contributed by atoms with E-state index in [9.17, 15) is 8.42 Å². The fourth-order valence-electron chi connectivity index (χ4n) is 1.46. The third kappa shape index (κ3) is 5.19. The summed E-state index contributed by atoms with van der Waals surface area (Å²) in [5.41, 5.74) is 1.20.